The Morgan fingerprint density at radius 2 is 2.12 bits per heavy atom. The number of aromatic amines is 1. The summed E-state index contributed by atoms with van der Waals surface area (Å²) in [7, 11) is 1.40. The molecule has 1 amide bonds. The minimum absolute atomic E-state index is 0.0827. The number of fused-ring (bicyclic) bond motifs is 1. The van der Waals surface area contributed by atoms with Crippen molar-refractivity contribution in [2.75, 3.05) is 7.11 Å². The Balaban J connectivity index is 1.80. The molecule has 2 aromatic rings. The average molecular weight is 344 g/mol. The van der Waals surface area contributed by atoms with Crippen LogP contribution in [0.3, 0.4) is 0 Å². The summed E-state index contributed by atoms with van der Waals surface area (Å²) in [5.74, 6) is -0.533. The van der Waals surface area contributed by atoms with E-state index >= 15 is 0 Å². The monoisotopic (exact) mass is 344 g/mol. The number of nitrogens with one attached hydrogen (secondary N) is 2. The summed E-state index contributed by atoms with van der Waals surface area (Å²) in [6.45, 7) is 3.56. The molecule has 132 valence electrons. The van der Waals surface area contributed by atoms with Crippen molar-refractivity contribution in [2.45, 2.75) is 39.2 Å². The Bertz CT molecular complexity index is 841. The lowest BCUT2D eigenvalue weighted by molar-refractivity contribution is 0.0934. The SMILES string of the molecule is COc1ccc([C@H](C)NC(=O)c2[nH]c3c(c2C)C(=O)CCC3)cc1F. The third-order valence-corrected chi connectivity index (χ3v) is 4.69. The lowest BCUT2D eigenvalue weighted by Crippen LogP contribution is -2.27. The maximum atomic E-state index is 13.9. The van der Waals surface area contributed by atoms with Crippen LogP contribution in [-0.2, 0) is 6.42 Å². The maximum Gasteiger partial charge on any atom is 0.268 e. The second kappa shape index (κ2) is 6.70. The standard InChI is InChI=1S/C19H21FN2O3/c1-10-17-14(5-4-6-15(17)23)22-18(10)19(24)21-11(2)12-7-8-16(25-3)13(20)9-12/h7-9,11,22H,4-6H2,1-3H3,(H,21,24)/t11-/m0/s1. The number of methoxy groups -OCH3 is 1. The van der Waals surface area contributed by atoms with Crippen molar-refractivity contribution in [1.82, 2.24) is 10.3 Å². The number of ether oxygens (including phenoxy) is 1. The van der Waals surface area contributed by atoms with Crippen molar-refractivity contribution in [3.63, 3.8) is 0 Å². The van der Waals surface area contributed by atoms with Gasteiger partial charge in [0, 0.05) is 17.7 Å². The number of Topliss-reactive ketones (excluding diaryl/α,β-unsaturated/α-hetero) is 1. The first kappa shape index (κ1) is 17.2. The fraction of sp³-hybridized carbons (Fsp3) is 0.368. The van der Waals surface area contributed by atoms with Crippen LogP contribution >= 0.6 is 0 Å². The van der Waals surface area contributed by atoms with E-state index in [1.165, 1.54) is 19.2 Å². The molecule has 0 saturated carbocycles. The van der Waals surface area contributed by atoms with Crippen LogP contribution in [0.15, 0.2) is 18.2 Å². The highest BCUT2D eigenvalue weighted by atomic mass is 19.1. The van der Waals surface area contributed by atoms with Gasteiger partial charge in [0.2, 0.25) is 0 Å². The number of amides is 1. The van der Waals surface area contributed by atoms with Crippen molar-refractivity contribution >= 4 is 11.7 Å². The van der Waals surface area contributed by atoms with E-state index in [0.717, 1.165) is 18.5 Å². The third kappa shape index (κ3) is 3.16. The van der Waals surface area contributed by atoms with E-state index in [2.05, 4.69) is 10.3 Å². The second-order valence-electron chi connectivity index (χ2n) is 6.34. The van der Waals surface area contributed by atoms with E-state index in [4.69, 9.17) is 4.74 Å². The van der Waals surface area contributed by atoms with Crippen LogP contribution in [0.4, 0.5) is 4.39 Å². The Morgan fingerprint density at radius 1 is 1.36 bits per heavy atom. The number of hydrogen-bond donors (Lipinski definition) is 2. The number of carbonyl (C=O) groups is 2. The molecule has 0 aliphatic heterocycles. The van der Waals surface area contributed by atoms with Gasteiger partial charge >= 0.3 is 0 Å². The zero-order valence-corrected chi connectivity index (χ0v) is 14.5. The van der Waals surface area contributed by atoms with Crippen LogP contribution in [0.2, 0.25) is 0 Å². The number of H-pyrrole nitrogens is 1. The minimum atomic E-state index is -0.474. The van der Waals surface area contributed by atoms with Gasteiger partial charge in [0.1, 0.15) is 5.69 Å². The van der Waals surface area contributed by atoms with Crippen molar-refractivity contribution < 1.29 is 18.7 Å². The molecule has 1 aromatic heterocycles. The van der Waals surface area contributed by atoms with Gasteiger partial charge in [-0.25, -0.2) is 4.39 Å². The average Bonchev–Trinajstić information content (AvgIpc) is 2.93. The first-order valence-electron chi connectivity index (χ1n) is 8.31. The zero-order valence-electron chi connectivity index (χ0n) is 14.5. The first-order chi connectivity index (χ1) is 11.9. The molecule has 1 aliphatic carbocycles. The summed E-state index contributed by atoms with van der Waals surface area (Å²) in [6.07, 6.45) is 2.09. The Hall–Kier alpha value is -2.63. The number of hydrogen-bond acceptors (Lipinski definition) is 3. The highest BCUT2D eigenvalue weighted by Gasteiger charge is 2.26. The van der Waals surface area contributed by atoms with Gasteiger partial charge in [0.15, 0.2) is 17.3 Å². The van der Waals surface area contributed by atoms with E-state index in [1.807, 2.05) is 0 Å². The largest absolute Gasteiger partial charge is 0.494 e. The van der Waals surface area contributed by atoms with Crippen molar-refractivity contribution in [1.29, 1.82) is 0 Å². The predicted molar refractivity (Wildman–Crippen MR) is 91.6 cm³/mol. The van der Waals surface area contributed by atoms with Crippen LogP contribution in [0.1, 0.15) is 63.5 Å². The molecule has 25 heavy (non-hydrogen) atoms. The van der Waals surface area contributed by atoms with Gasteiger partial charge in [-0.3, -0.25) is 9.59 Å². The number of carbonyl (C=O) groups excluding carboxylic acids is 2. The van der Waals surface area contributed by atoms with Crippen LogP contribution in [-0.4, -0.2) is 23.8 Å². The molecule has 1 aromatic carbocycles. The van der Waals surface area contributed by atoms with E-state index in [0.29, 0.717) is 28.8 Å². The number of benzene rings is 1. The summed E-state index contributed by atoms with van der Waals surface area (Å²) in [5, 5.41) is 2.85. The molecular weight excluding hydrogens is 323 g/mol. The van der Waals surface area contributed by atoms with Gasteiger partial charge in [-0.15, -0.1) is 0 Å². The number of halogens is 1. The minimum Gasteiger partial charge on any atom is -0.494 e. The highest BCUT2D eigenvalue weighted by molar-refractivity contribution is 6.04. The fourth-order valence-electron chi connectivity index (χ4n) is 3.31. The molecule has 0 radical (unpaired) electrons. The number of rotatable bonds is 4. The molecular formula is C19H21FN2O3. The fourth-order valence-corrected chi connectivity index (χ4v) is 3.31. The van der Waals surface area contributed by atoms with Crippen LogP contribution in [0, 0.1) is 12.7 Å². The maximum absolute atomic E-state index is 13.9. The molecule has 2 N–H and O–H groups in total. The van der Waals surface area contributed by atoms with Crippen molar-refractivity contribution in [2.24, 2.45) is 0 Å². The van der Waals surface area contributed by atoms with Gasteiger partial charge in [-0.1, -0.05) is 6.07 Å². The lowest BCUT2D eigenvalue weighted by atomic mass is 9.94. The lowest BCUT2D eigenvalue weighted by Gasteiger charge is -2.15. The smallest absolute Gasteiger partial charge is 0.268 e. The molecule has 1 atom stereocenters. The van der Waals surface area contributed by atoms with E-state index < -0.39 is 5.82 Å². The van der Waals surface area contributed by atoms with Crippen LogP contribution in [0.25, 0.3) is 0 Å². The van der Waals surface area contributed by atoms with Gasteiger partial charge < -0.3 is 15.0 Å². The molecule has 0 fully saturated rings. The quantitative estimate of drug-likeness (QED) is 0.892. The summed E-state index contributed by atoms with van der Waals surface area (Å²) in [6, 6.07) is 4.20. The molecule has 0 saturated heterocycles. The molecule has 0 spiro atoms. The van der Waals surface area contributed by atoms with Crippen LogP contribution in [0.5, 0.6) is 5.75 Å². The van der Waals surface area contributed by atoms with Crippen molar-refractivity contribution in [3.8, 4) is 5.75 Å². The molecule has 0 bridgehead atoms. The number of aromatic nitrogens is 1. The Kier molecular flexibility index (Phi) is 4.61. The van der Waals surface area contributed by atoms with E-state index in [9.17, 15) is 14.0 Å². The summed E-state index contributed by atoms with van der Waals surface area (Å²) < 4.78 is 18.8. The molecule has 6 heteroatoms. The second-order valence-corrected chi connectivity index (χ2v) is 6.34. The van der Waals surface area contributed by atoms with Gasteiger partial charge in [0.25, 0.3) is 5.91 Å². The van der Waals surface area contributed by atoms with Crippen molar-refractivity contribution in [3.05, 3.63) is 52.1 Å². The number of ketones is 1. The zero-order chi connectivity index (χ0) is 18.1. The summed E-state index contributed by atoms with van der Waals surface area (Å²) >= 11 is 0. The molecule has 5 nitrogen and oxygen atoms in total. The van der Waals surface area contributed by atoms with E-state index in [1.54, 1.807) is 19.9 Å². The topological polar surface area (TPSA) is 71.2 Å². The van der Waals surface area contributed by atoms with Gasteiger partial charge in [-0.2, -0.15) is 0 Å². The number of aryl methyl sites for hydroxylation is 1. The third-order valence-electron chi connectivity index (χ3n) is 4.69. The van der Waals surface area contributed by atoms with Gasteiger partial charge in [-0.05, 0) is 49.9 Å². The Morgan fingerprint density at radius 3 is 2.76 bits per heavy atom. The van der Waals surface area contributed by atoms with E-state index in [-0.39, 0.29) is 23.5 Å². The predicted octanol–water partition coefficient (Wildman–Crippen LogP) is 3.48. The van der Waals surface area contributed by atoms with Crippen LogP contribution < -0.4 is 10.1 Å². The summed E-state index contributed by atoms with van der Waals surface area (Å²) in [4.78, 5) is 27.8. The highest BCUT2D eigenvalue weighted by Crippen LogP contribution is 2.27. The molecule has 1 heterocycles. The van der Waals surface area contributed by atoms with Gasteiger partial charge in [0.05, 0.1) is 13.2 Å². The Labute approximate surface area is 145 Å². The first-order valence-corrected chi connectivity index (χ1v) is 8.31. The molecule has 3 rings (SSSR count). The summed E-state index contributed by atoms with van der Waals surface area (Å²) in [5.41, 5.74) is 3.21. The normalized spacial score (nSPS) is 14.8. The molecule has 1 aliphatic rings. The molecule has 0 unspecified atom stereocenters.